The van der Waals surface area contributed by atoms with Crippen LogP contribution in [0.3, 0.4) is 0 Å². The minimum Gasteiger partial charge on any atom is -0.309 e. The summed E-state index contributed by atoms with van der Waals surface area (Å²) in [5.74, 6) is 0. The number of hydrogen-bond acceptors (Lipinski definition) is 2. The first-order valence-electron chi connectivity index (χ1n) is 18.7. The first kappa shape index (κ1) is 30.8. The Labute approximate surface area is 313 Å². The molecule has 54 heavy (non-hydrogen) atoms. The summed E-state index contributed by atoms with van der Waals surface area (Å²) in [7, 11) is 0. The molecule has 0 bridgehead atoms. The van der Waals surface area contributed by atoms with Crippen molar-refractivity contribution in [3.63, 3.8) is 0 Å². The second kappa shape index (κ2) is 11.6. The van der Waals surface area contributed by atoms with Crippen molar-refractivity contribution in [1.29, 1.82) is 0 Å². The Hall–Kier alpha value is -6.84. The van der Waals surface area contributed by atoms with Gasteiger partial charge in [0.1, 0.15) is 0 Å². The van der Waals surface area contributed by atoms with Crippen LogP contribution in [0, 0.1) is 0 Å². The van der Waals surface area contributed by atoms with E-state index in [9.17, 15) is 0 Å². The highest BCUT2D eigenvalue weighted by atomic mass is 15.0. The highest BCUT2D eigenvalue weighted by Crippen LogP contribution is 2.50. The first-order chi connectivity index (χ1) is 26.5. The molecular formula is C51H35N3. The maximum Gasteiger partial charge on any atom is 0.0973 e. The van der Waals surface area contributed by atoms with E-state index in [1.54, 1.807) is 0 Å². The van der Waals surface area contributed by atoms with Gasteiger partial charge in [0.15, 0.2) is 0 Å². The third kappa shape index (κ3) is 4.61. The lowest BCUT2D eigenvalue weighted by molar-refractivity contribution is 0.636. The molecule has 0 atom stereocenters. The summed E-state index contributed by atoms with van der Waals surface area (Å²) in [6.45, 7) is 4.56. The minimum absolute atomic E-state index is 0.299. The van der Waals surface area contributed by atoms with Crippen molar-refractivity contribution in [1.82, 2.24) is 14.5 Å². The van der Waals surface area contributed by atoms with Crippen molar-refractivity contribution in [3.8, 4) is 50.6 Å². The van der Waals surface area contributed by atoms with Crippen LogP contribution < -0.4 is 0 Å². The molecule has 0 radical (unpaired) electrons. The topological polar surface area (TPSA) is 30.7 Å². The van der Waals surface area contributed by atoms with E-state index in [4.69, 9.17) is 9.97 Å². The van der Waals surface area contributed by atoms with E-state index in [-0.39, 0.29) is 5.41 Å². The second-order valence-electron chi connectivity index (χ2n) is 15.0. The first-order valence-corrected chi connectivity index (χ1v) is 18.7. The van der Waals surface area contributed by atoms with Crippen molar-refractivity contribution < 1.29 is 0 Å². The molecule has 3 nitrogen and oxygen atoms in total. The fourth-order valence-corrected chi connectivity index (χ4v) is 8.72. The van der Waals surface area contributed by atoms with Crippen LogP contribution in [0.1, 0.15) is 25.1 Å². The predicted molar refractivity (Wildman–Crippen MR) is 225 cm³/mol. The maximum absolute atomic E-state index is 5.58. The van der Waals surface area contributed by atoms with Gasteiger partial charge in [-0.15, -0.1) is 0 Å². The fourth-order valence-electron chi connectivity index (χ4n) is 8.72. The zero-order chi connectivity index (χ0) is 36.0. The van der Waals surface area contributed by atoms with Gasteiger partial charge < -0.3 is 4.57 Å². The molecule has 0 fully saturated rings. The lowest BCUT2D eigenvalue weighted by Gasteiger charge is -2.21. The van der Waals surface area contributed by atoms with E-state index in [2.05, 4.69) is 194 Å². The van der Waals surface area contributed by atoms with E-state index in [1.807, 2.05) is 0 Å². The van der Waals surface area contributed by atoms with Crippen LogP contribution in [0.4, 0.5) is 0 Å². The van der Waals surface area contributed by atoms with Crippen LogP contribution in [0.5, 0.6) is 0 Å². The van der Waals surface area contributed by atoms with Gasteiger partial charge in [-0.2, -0.15) is 0 Å². The van der Waals surface area contributed by atoms with Gasteiger partial charge in [-0.1, -0.05) is 147 Å². The lowest BCUT2D eigenvalue weighted by atomic mass is 9.84. The van der Waals surface area contributed by atoms with E-state index in [0.29, 0.717) is 0 Å². The van der Waals surface area contributed by atoms with E-state index < -0.39 is 0 Å². The molecule has 2 heterocycles. The number of benzene rings is 8. The summed E-state index contributed by atoms with van der Waals surface area (Å²) in [6, 6.07) is 63.5. The van der Waals surface area contributed by atoms with Crippen LogP contribution >= 0.6 is 0 Å². The van der Waals surface area contributed by atoms with Crippen molar-refractivity contribution in [3.05, 3.63) is 187 Å². The molecule has 0 spiro atoms. The van der Waals surface area contributed by atoms with Gasteiger partial charge in [0, 0.05) is 38.6 Å². The molecule has 0 unspecified atom stereocenters. The number of hydrogen-bond donors (Lipinski definition) is 0. The number of nitrogens with zero attached hydrogens (tertiary/aromatic N) is 3. The summed E-state index contributed by atoms with van der Waals surface area (Å²) in [5.41, 5.74) is 13.9. The van der Waals surface area contributed by atoms with Crippen LogP contribution in [0.25, 0.3) is 93.9 Å². The average molecular weight is 690 g/mol. The summed E-state index contributed by atoms with van der Waals surface area (Å²) in [4.78, 5) is 11.1. The molecule has 2 aromatic heterocycles. The number of rotatable bonds is 4. The Balaban J connectivity index is 1.08. The molecule has 0 saturated carbocycles. The third-order valence-electron chi connectivity index (χ3n) is 11.5. The minimum atomic E-state index is -0.299. The van der Waals surface area contributed by atoms with Crippen LogP contribution in [-0.2, 0) is 5.41 Å². The van der Waals surface area contributed by atoms with Gasteiger partial charge in [-0.05, 0) is 80.7 Å². The molecule has 8 aromatic carbocycles. The normalized spacial score (nSPS) is 13.1. The highest BCUT2D eigenvalue weighted by Gasteiger charge is 2.39. The van der Waals surface area contributed by atoms with Gasteiger partial charge >= 0.3 is 0 Å². The molecule has 0 N–H and O–H groups in total. The van der Waals surface area contributed by atoms with Crippen molar-refractivity contribution in [2.75, 3.05) is 0 Å². The SMILES string of the molecule is CC1(C)c2ccc(-c3ccc4ccccc4c3)cc2-c2nc(-c3ccc(-n4c5ccccc5c5cc6ccccc6cc54)cc3)c(-c3ccccc3)nc21. The Morgan fingerprint density at radius 2 is 1.00 bits per heavy atom. The molecule has 0 aliphatic heterocycles. The van der Waals surface area contributed by atoms with Gasteiger partial charge in [0.25, 0.3) is 0 Å². The molecule has 10 aromatic rings. The largest absolute Gasteiger partial charge is 0.309 e. The van der Waals surface area contributed by atoms with Crippen molar-refractivity contribution >= 4 is 43.4 Å². The predicted octanol–water partition coefficient (Wildman–Crippen LogP) is 13.2. The number of para-hydroxylation sites is 1. The Kier molecular flexibility index (Phi) is 6.60. The smallest absolute Gasteiger partial charge is 0.0973 e. The molecular weight excluding hydrogens is 655 g/mol. The number of fused-ring (bicyclic) bond motifs is 8. The Bertz CT molecular complexity index is 3110. The van der Waals surface area contributed by atoms with Gasteiger partial charge in [-0.3, -0.25) is 0 Å². The molecule has 11 rings (SSSR count). The van der Waals surface area contributed by atoms with Crippen LogP contribution in [-0.4, -0.2) is 14.5 Å². The Morgan fingerprint density at radius 1 is 0.407 bits per heavy atom. The Morgan fingerprint density at radius 3 is 1.80 bits per heavy atom. The molecule has 0 amide bonds. The van der Waals surface area contributed by atoms with Gasteiger partial charge in [0.05, 0.1) is 33.8 Å². The summed E-state index contributed by atoms with van der Waals surface area (Å²) in [6.07, 6.45) is 0. The summed E-state index contributed by atoms with van der Waals surface area (Å²) in [5, 5.41) is 7.48. The van der Waals surface area contributed by atoms with E-state index in [0.717, 1.165) is 45.2 Å². The fraction of sp³-hybridized carbons (Fsp3) is 0.0588. The van der Waals surface area contributed by atoms with Gasteiger partial charge in [-0.25, -0.2) is 9.97 Å². The molecule has 0 saturated heterocycles. The monoisotopic (exact) mass is 689 g/mol. The quantitative estimate of drug-likeness (QED) is 0.184. The van der Waals surface area contributed by atoms with Crippen LogP contribution in [0.2, 0.25) is 0 Å². The second-order valence-corrected chi connectivity index (χ2v) is 15.0. The van der Waals surface area contributed by atoms with E-state index in [1.165, 1.54) is 60.0 Å². The summed E-state index contributed by atoms with van der Waals surface area (Å²) >= 11 is 0. The van der Waals surface area contributed by atoms with Crippen molar-refractivity contribution in [2.45, 2.75) is 19.3 Å². The lowest BCUT2D eigenvalue weighted by Crippen LogP contribution is -2.17. The molecule has 1 aliphatic carbocycles. The summed E-state index contributed by atoms with van der Waals surface area (Å²) < 4.78 is 2.39. The van der Waals surface area contributed by atoms with E-state index >= 15 is 0 Å². The standard InChI is InChI=1S/C51H35N3/c1-51(2)44-27-24-39(38-21-20-32-12-6-7-15-35(32)28-38)30-43(44)49-50(51)53-48(33-13-4-3-5-14-33)47(52-49)34-22-25-40(26-23-34)54-45-19-11-10-18-41(45)42-29-36-16-8-9-17-37(36)31-46(42)54/h3-31H,1-2H3. The molecule has 3 heteroatoms. The number of aromatic nitrogens is 3. The molecule has 254 valence electrons. The molecule has 1 aliphatic rings. The zero-order valence-electron chi connectivity index (χ0n) is 30.1. The average Bonchev–Trinajstić information content (AvgIpc) is 3.66. The third-order valence-corrected chi connectivity index (χ3v) is 11.5. The van der Waals surface area contributed by atoms with Crippen molar-refractivity contribution in [2.24, 2.45) is 0 Å². The van der Waals surface area contributed by atoms with Gasteiger partial charge in [0.2, 0.25) is 0 Å². The zero-order valence-corrected chi connectivity index (χ0v) is 30.1. The maximum atomic E-state index is 5.58. The van der Waals surface area contributed by atoms with Crippen LogP contribution in [0.15, 0.2) is 176 Å². The highest BCUT2D eigenvalue weighted by molar-refractivity contribution is 6.13.